The molecule has 0 radical (unpaired) electrons. The number of hydrogen-bond acceptors (Lipinski definition) is 4. The Kier molecular flexibility index (Phi) is 1.82. The maximum absolute atomic E-state index is 10.0. The number of hydrogen-bond donors (Lipinski definition) is 1. The van der Waals surface area contributed by atoms with Crippen LogP contribution in [0, 0.1) is 10.1 Å². The Morgan fingerprint density at radius 3 is 3.27 bits per heavy atom. The van der Waals surface area contributed by atoms with Crippen molar-refractivity contribution in [2.24, 2.45) is 0 Å². The largest absolute Gasteiger partial charge is 0.502 e. The molecule has 1 aromatic heterocycles. The van der Waals surface area contributed by atoms with E-state index in [2.05, 4.69) is 5.11 Å². The van der Waals surface area contributed by atoms with Crippen LogP contribution in [-0.2, 0) is 0 Å². The van der Waals surface area contributed by atoms with Gasteiger partial charge in [0.05, 0.1) is 4.92 Å². The predicted molar refractivity (Wildman–Crippen MR) is 41.9 cm³/mol. The first-order chi connectivity index (χ1) is 5.74. The van der Waals surface area contributed by atoms with E-state index in [1.54, 1.807) is 16.8 Å². The minimum Gasteiger partial charge on any atom is -0.502 e. The number of aliphatic hydroxyl groups excluding tert-OH is 1. The van der Waals surface area contributed by atoms with E-state index in [1.165, 1.54) is 11.3 Å². The highest BCUT2D eigenvalue weighted by Gasteiger charge is 2.02. The summed E-state index contributed by atoms with van der Waals surface area (Å²) in [6, 6.07) is 1.65. The number of aliphatic hydroxyl groups is 1. The van der Waals surface area contributed by atoms with E-state index in [0.717, 1.165) is 0 Å². The minimum atomic E-state index is -0.651. The van der Waals surface area contributed by atoms with Crippen LogP contribution in [0.1, 0.15) is 5.56 Å². The fourth-order valence-corrected chi connectivity index (χ4v) is 1.22. The van der Waals surface area contributed by atoms with Crippen LogP contribution in [0.25, 0.3) is 7.19 Å². The van der Waals surface area contributed by atoms with Crippen LogP contribution in [-0.4, -0.2) is 10.0 Å². The third kappa shape index (κ3) is 2.05. The van der Waals surface area contributed by atoms with Gasteiger partial charge < -0.3 is 5.11 Å². The minimum absolute atomic E-state index is 0.0544. The van der Waals surface area contributed by atoms with Gasteiger partial charge in [-0.15, -0.1) is 0 Å². The summed E-state index contributed by atoms with van der Waals surface area (Å²) in [5.74, 6) is -0.0544. The van der Waals surface area contributed by atoms with Crippen LogP contribution in [0.2, 0.25) is 0 Å². The van der Waals surface area contributed by atoms with Crippen molar-refractivity contribution in [1.82, 2.24) is 0 Å². The van der Waals surface area contributed by atoms with Crippen LogP contribution in [0.3, 0.4) is 0 Å². The van der Waals surface area contributed by atoms with Gasteiger partial charge in [0.25, 0.3) is 7.63 Å². The van der Waals surface area contributed by atoms with E-state index >= 15 is 0 Å². The molecule has 11 heavy (non-hydrogen) atoms. The monoisotopic (exact) mass is 173 g/mol. The van der Waals surface area contributed by atoms with Crippen molar-refractivity contribution in [3.05, 3.63) is 38.7 Å². The lowest BCUT2D eigenvalue weighted by atomic mass is 10.3. The Labute approximate surface area is 68.1 Å². The molecular formula is C6H5NO3S. The van der Waals surface area contributed by atoms with Gasteiger partial charge >= 0.3 is 0 Å². The first-order valence-electron chi connectivity index (χ1n) is 3.16. The molecule has 0 atom stereocenters. The first-order valence-corrected chi connectivity index (χ1v) is 3.69. The molecule has 0 bridgehead atoms. The van der Waals surface area contributed by atoms with Gasteiger partial charge in [-0.1, -0.05) is 0 Å². The number of nitrogens with zero attached hydrogens (tertiary/aromatic N) is 1. The fourth-order valence-electron chi connectivity index (χ4n) is 0.575. The van der Waals surface area contributed by atoms with Crippen molar-refractivity contribution in [3.8, 4) is 0 Å². The van der Waals surface area contributed by atoms with E-state index < -0.39 is 4.92 Å². The molecule has 0 saturated heterocycles. The van der Waals surface area contributed by atoms with E-state index in [4.69, 9.17) is 1.43 Å². The van der Waals surface area contributed by atoms with Gasteiger partial charge in [0.15, 0.2) is 5.76 Å². The number of thiophene rings is 1. The van der Waals surface area contributed by atoms with Gasteiger partial charge in [-0.25, -0.2) is 0 Å². The SMILES string of the molecule is [3H]O/C(=C/[N+](=O)[O-])c1ccsc1. The van der Waals surface area contributed by atoms with E-state index in [1.807, 2.05) is 0 Å². The molecular weight excluding hydrogens is 166 g/mol. The Morgan fingerprint density at radius 2 is 2.82 bits per heavy atom. The van der Waals surface area contributed by atoms with Crippen LogP contribution >= 0.6 is 11.3 Å². The van der Waals surface area contributed by atoms with Gasteiger partial charge in [-0.3, -0.25) is 10.1 Å². The van der Waals surface area contributed by atoms with Gasteiger partial charge in [-0.05, 0) is 11.4 Å². The van der Waals surface area contributed by atoms with E-state index in [9.17, 15) is 10.1 Å². The molecule has 1 heterocycles. The molecule has 5 heteroatoms. The Hall–Kier alpha value is -1.36. The third-order valence-corrected chi connectivity index (χ3v) is 1.71. The molecule has 1 aromatic rings. The van der Waals surface area contributed by atoms with Crippen LogP contribution in [0.5, 0.6) is 0 Å². The molecule has 0 unspecified atom stereocenters. The zero-order chi connectivity index (χ0) is 8.97. The lowest BCUT2D eigenvalue weighted by Gasteiger charge is -1.88. The summed E-state index contributed by atoms with van der Waals surface area (Å²) < 4.78 is 6.56. The van der Waals surface area contributed by atoms with Crippen LogP contribution in [0.15, 0.2) is 23.0 Å². The standard InChI is InChI=1S/C6H5NO3S/c8-6(3-7(9)10)5-1-2-11-4-5/h1-4,8H/b6-3+/i/hT. The quantitative estimate of drug-likeness (QED) is 0.431. The number of nitro groups is 1. The van der Waals surface area contributed by atoms with Crippen LogP contribution in [0.4, 0.5) is 0 Å². The molecule has 0 aliphatic carbocycles. The highest BCUT2D eigenvalue weighted by molar-refractivity contribution is 7.08. The first kappa shape index (κ1) is 6.36. The molecule has 0 saturated carbocycles. The van der Waals surface area contributed by atoms with Gasteiger partial charge in [0.2, 0.25) is 0 Å². The molecule has 4 nitrogen and oxygen atoms in total. The predicted octanol–water partition coefficient (Wildman–Crippen LogP) is 1.88. The average Bonchev–Trinajstić information content (AvgIpc) is 2.51. The summed E-state index contributed by atoms with van der Waals surface area (Å²) in [4.78, 5) is 9.38. The van der Waals surface area contributed by atoms with E-state index in [0.29, 0.717) is 11.8 Å². The summed E-state index contributed by atoms with van der Waals surface area (Å²) in [6.45, 7) is 0. The van der Waals surface area contributed by atoms with Crippen molar-refractivity contribution in [2.75, 3.05) is 0 Å². The van der Waals surface area contributed by atoms with Gasteiger partial charge in [0.1, 0.15) is 0 Å². The molecule has 1 N–H and O–H groups in total. The summed E-state index contributed by atoms with van der Waals surface area (Å²) >= 11 is 1.38. The molecule has 0 aromatic carbocycles. The zero-order valence-electron chi connectivity index (χ0n) is 6.39. The Balaban J connectivity index is 2.91. The lowest BCUT2D eigenvalue weighted by Crippen LogP contribution is -1.87. The molecule has 0 amide bonds. The molecule has 0 aliphatic rings. The maximum atomic E-state index is 10.0. The summed E-state index contributed by atoms with van der Waals surface area (Å²) in [5, 5.41) is 17.5. The molecule has 58 valence electrons. The third-order valence-electron chi connectivity index (χ3n) is 1.03. The lowest BCUT2D eigenvalue weighted by molar-refractivity contribution is -0.402. The zero-order valence-corrected chi connectivity index (χ0v) is 6.21. The van der Waals surface area contributed by atoms with Crippen molar-refractivity contribution < 1.29 is 10.0 Å². The van der Waals surface area contributed by atoms with Crippen LogP contribution < -0.4 is 0 Å². The molecule has 1 rings (SSSR count). The normalized spacial score (nSPS) is 12.4. The van der Waals surface area contributed by atoms with Crippen molar-refractivity contribution >= 4 is 17.1 Å². The van der Waals surface area contributed by atoms with E-state index in [-0.39, 0.29) is 5.76 Å². The molecule has 0 aliphatic heterocycles. The molecule has 0 fully saturated rings. The maximum Gasteiger partial charge on any atom is 0.293 e. The topological polar surface area (TPSA) is 63.4 Å². The highest BCUT2D eigenvalue weighted by Crippen LogP contribution is 2.14. The van der Waals surface area contributed by atoms with Crippen molar-refractivity contribution in [2.45, 2.75) is 0 Å². The summed E-state index contributed by atoms with van der Waals surface area (Å²) in [5.41, 5.74) is 0.548. The fraction of sp³-hybridized carbons (Fsp3) is 0. The Morgan fingerprint density at radius 1 is 2.00 bits per heavy atom. The second-order valence-corrected chi connectivity index (χ2v) is 2.57. The number of rotatable bonds is 3. The summed E-state index contributed by atoms with van der Waals surface area (Å²) in [7, 11) is 0. The second-order valence-electron chi connectivity index (χ2n) is 1.79. The Bertz CT molecular complexity index is 296. The second kappa shape index (κ2) is 3.16. The molecule has 0 spiro atoms. The van der Waals surface area contributed by atoms with Gasteiger partial charge in [-0.2, -0.15) is 11.3 Å². The smallest absolute Gasteiger partial charge is 0.293 e. The van der Waals surface area contributed by atoms with Gasteiger partial charge in [0, 0.05) is 10.9 Å². The highest BCUT2D eigenvalue weighted by atomic mass is 32.1. The summed E-state index contributed by atoms with van der Waals surface area (Å²) in [6.07, 6.45) is 0.662. The average molecular weight is 173 g/mol. The van der Waals surface area contributed by atoms with Crippen molar-refractivity contribution in [3.63, 3.8) is 0 Å². The van der Waals surface area contributed by atoms with Crippen molar-refractivity contribution in [1.29, 1.82) is 1.43 Å².